The van der Waals surface area contributed by atoms with Crippen LogP contribution in [0.15, 0.2) is 41.3 Å². The largest absolute Gasteiger partial charge is 1.00 e. The Morgan fingerprint density at radius 3 is 3.05 bits per heavy atom. The second kappa shape index (κ2) is 7.86. The highest BCUT2D eigenvalue weighted by Gasteiger charge is 2.37. The molecule has 1 aliphatic rings. The van der Waals surface area contributed by atoms with Crippen LogP contribution in [0.5, 0.6) is 0 Å². The van der Waals surface area contributed by atoms with Gasteiger partial charge in [0.2, 0.25) is 5.72 Å². The van der Waals surface area contributed by atoms with Gasteiger partial charge in [-0.25, -0.2) is 8.96 Å². The normalized spacial score (nSPS) is 21.6. The van der Waals surface area contributed by atoms with Crippen molar-refractivity contribution in [3.8, 4) is 0 Å². The predicted octanol–water partition coefficient (Wildman–Crippen LogP) is -0.764. The van der Waals surface area contributed by atoms with Crippen molar-refractivity contribution in [2.45, 2.75) is 25.5 Å². The third kappa shape index (κ3) is 4.19. The van der Waals surface area contributed by atoms with Crippen LogP contribution in [0.25, 0.3) is 0 Å². The highest BCUT2D eigenvalue weighted by atomic mass is 127. The number of hydrogen-bond donors (Lipinski definition) is 1. The van der Waals surface area contributed by atoms with Gasteiger partial charge in [0.25, 0.3) is 0 Å². The second-order valence-corrected chi connectivity index (χ2v) is 4.80. The fourth-order valence-electron chi connectivity index (χ4n) is 1.67. The Hall–Kier alpha value is -0.600. The van der Waals surface area contributed by atoms with Gasteiger partial charge < -0.3 is 28.7 Å². The van der Waals surface area contributed by atoms with E-state index < -0.39 is 5.72 Å². The molecule has 1 aromatic rings. The van der Waals surface area contributed by atoms with Gasteiger partial charge in [-0.2, -0.15) is 4.72 Å². The van der Waals surface area contributed by atoms with Gasteiger partial charge in [0, 0.05) is 6.07 Å². The number of allylic oxidation sites excluding steroid dienone is 1. The van der Waals surface area contributed by atoms with Crippen LogP contribution in [-0.4, -0.2) is 6.21 Å². The van der Waals surface area contributed by atoms with Crippen LogP contribution in [-0.2, 0) is 17.5 Å². The molecular weight excluding hydrogens is 373 g/mol. The van der Waals surface area contributed by atoms with Gasteiger partial charge >= 0.3 is 0 Å². The highest BCUT2D eigenvalue weighted by molar-refractivity contribution is 7.96. The molecule has 6 heteroatoms. The lowest BCUT2D eigenvalue weighted by atomic mass is 10.1. The molecule has 0 aliphatic carbocycles. The van der Waals surface area contributed by atoms with Crippen molar-refractivity contribution in [1.29, 1.82) is 0 Å². The van der Waals surface area contributed by atoms with E-state index in [1.807, 2.05) is 42.2 Å². The molecule has 1 atom stereocenters. The zero-order chi connectivity index (χ0) is 12.8. The zero-order valence-electron chi connectivity index (χ0n) is 11.0. The number of nitrogens with zero attached hydrogens (tertiary/aromatic N) is 2. The molecule has 0 saturated carbocycles. The molecule has 1 unspecified atom stereocenters. The summed E-state index contributed by atoms with van der Waals surface area (Å²) in [6.07, 6.45) is 11.7. The first-order valence-electron chi connectivity index (χ1n) is 6.03. The molecule has 19 heavy (non-hydrogen) atoms. The van der Waals surface area contributed by atoms with Crippen molar-refractivity contribution < 1.29 is 33.3 Å². The molecule has 0 radical (unpaired) electrons. The lowest BCUT2D eigenvalue weighted by molar-refractivity contribution is -0.672. The van der Waals surface area contributed by atoms with E-state index in [0.717, 1.165) is 18.4 Å². The summed E-state index contributed by atoms with van der Waals surface area (Å²) in [6, 6.07) is 4.02. The molecule has 0 saturated heterocycles. The summed E-state index contributed by atoms with van der Waals surface area (Å²) in [4.78, 5) is 0. The van der Waals surface area contributed by atoms with Crippen LogP contribution in [0.2, 0.25) is 0 Å². The van der Waals surface area contributed by atoms with E-state index in [9.17, 15) is 0 Å². The van der Waals surface area contributed by atoms with Crippen molar-refractivity contribution in [3.63, 3.8) is 0 Å². The van der Waals surface area contributed by atoms with Gasteiger partial charge in [0.05, 0.1) is 30.2 Å². The smallest absolute Gasteiger partial charge is 0.239 e. The van der Waals surface area contributed by atoms with Crippen LogP contribution in [0.1, 0.15) is 25.3 Å². The van der Waals surface area contributed by atoms with Gasteiger partial charge in [-0.15, -0.1) is 0 Å². The third-order valence-corrected chi connectivity index (χ3v) is 3.26. The lowest BCUT2D eigenvalue weighted by Crippen LogP contribution is -3.00. The molecule has 2 heterocycles. The van der Waals surface area contributed by atoms with E-state index in [4.69, 9.17) is 4.74 Å². The van der Waals surface area contributed by atoms with Crippen LogP contribution in [0.3, 0.4) is 0 Å². The Kier molecular flexibility index (Phi) is 6.81. The molecule has 0 spiro atoms. The number of halogens is 1. The number of unbranched alkanes of at least 4 members (excludes halogenated alkanes) is 1. The topological polar surface area (TPSA) is 37.5 Å². The van der Waals surface area contributed by atoms with Crippen molar-refractivity contribution in [2.24, 2.45) is 11.4 Å². The SMILES string of the molecule is CCCC=COC1(c2ccc[n+](C)c2)C=NSN1.[I-]. The molecule has 0 bridgehead atoms. The lowest BCUT2D eigenvalue weighted by Gasteiger charge is -2.24. The number of hydrogen-bond acceptors (Lipinski definition) is 4. The Morgan fingerprint density at radius 2 is 2.42 bits per heavy atom. The Labute approximate surface area is 135 Å². The number of aryl methyl sites for hydroxylation is 1. The summed E-state index contributed by atoms with van der Waals surface area (Å²) in [7, 11) is 1.99. The van der Waals surface area contributed by atoms with Crippen LogP contribution in [0, 0.1) is 0 Å². The fourth-order valence-corrected chi connectivity index (χ4v) is 2.28. The van der Waals surface area contributed by atoms with Crippen LogP contribution < -0.4 is 33.3 Å². The summed E-state index contributed by atoms with van der Waals surface area (Å²) >= 11 is 1.30. The first kappa shape index (κ1) is 16.5. The van der Waals surface area contributed by atoms with E-state index in [0.29, 0.717) is 0 Å². The second-order valence-electron chi connectivity index (χ2n) is 4.20. The average molecular weight is 391 g/mol. The van der Waals surface area contributed by atoms with E-state index in [1.54, 1.807) is 12.5 Å². The van der Waals surface area contributed by atoms with E-state index >= 15 is 0 Å². The van der Waals surface area contributed by atoms with Crippen LogP contribution in [0.4, 0.5) is 0 Å². The molecule has 4 nitrogen and oxygen atoms in total. The molecule has 0 fully saturated rings. The molecule has 1 aliphatic heterocycles. The average Bonchev–Trinajstić information content (AvgIpc) is 2.85. The van der Waals surface area contributed by atoms with E-state index in [-0.39, 0.29) is 24.0 Å². The van der Waals surface area contributed by atoms with Crippen molar-refractivity contribution in [2.75, 3.05) is 0 Å². The Morgan fingerprint density at radius 1 is 1.58 bits per heavy atom. The van der Waals surface area contributed by atoms with E-state index in [2.05, 4.69) is 16.0 Å². The minimum atomic E-state index is -0.659. The minimum Gasteiger partial charge on any atom is -1.00 e. The minimum absolute atomic E-state index is 0. The van der Waals surface area contributed by atoms with Gasteiger partial charge in [-0.1, -0.05) is 13.3 Å². The molecule has 2 rings (SSSR count). The Balaban J connectivity index is 0.00000180. The van der Waals surface area contributed by atoms with Gasteiger partial charge in [-0.05, 0) is 18.6 Å². The first-order valence-corrected chi connectivity index (χ1v) is 6.80. The van der Waals surface area contributed by atoms with Gasteiger partial charge in [0.1, 0.15) is 7.05 Å². The highest BCUT2D eigenvalue weighted by Crippen LogP contribution is 2.28. The molecule has 1 N–H and O–H groups in total. The number of ether oxygens (including phenoxy) is 1. The maximum Gasteiger partial charge on any atom is 0.239 e. The summed E-state index contributed by atoms with van der Waals surface area (Å²) in [5.74, 6) is 0. The molecule has 104 valence electrons. The fraction of sp³-hybridized carbons (Fsp3) is 0.385. The molecule has 0 amide bonds. The standard InChI is InChI=1S/C13H18N3OS.HI/c1-3-4-5-9-17-13(11-14-18-15-13)12-7-6-8-16(2)10-12;/h5-11,15H,3-4H2,1-2H3;1H/q+1;/p-1. The number of aromatic nitrogens is 1. The van der Waals surface area contributed by atoms with Gasteiger partial charge in [0.15, 0.2) is 12.4 Å². The predicted molar refractivity (Wildman–Crippen MR) is 73.6 cm³/mol. The summed E-state index contributed by atoms with van der Waals surface area (Å²) in [5.41, 5.74) is 0.371. The first-order chi connectivity index (χ1) is 8.77. The number of nitrogens with one attached hydrogen (secondary N) is 1. The van der Waals surface area contributed by atoms with Crippen molar-refractivity contribution in [3.05, 3.63) is 42.4 Å². The summed E-state index contributed by atoms with van der Waals surface area (Å²) in [6.45, 7) is 2.14. The van der Waals surface area contributed by atoms with Crippen LogP contribution >= 0.6 is 12.1 Å². The van der Waals surface area contributed by atoms with Crippen molar-refractivity contribution >= 4 is 18.3 Å². The zero-order valence-corrected chi connectivity index (χ0v) is 14.0. The Bertz CT molecular complexity index is 467. The van der Waals surface area contributed by atoms with Crippen molar-refractivity contribution in [1.82, 2.24) is 4.72 Å². The maximum absolute atomic E-state index is 5.86. The van der Waals surface area contributed by atoms with E-state index in [1.165, 1.54) is 12.1 Å². The molecule has 0 aromatic carbocycles. The number of rotatable bonds is 5. The quantitative estimate of drug-likeness (QED) is 0.310. The maximum atomic E-state index is 5.86. The monoisotopic (exact) mass is 391 g/mol. The van der Waals surface area contributed by atoms with Gasteiger partial charge in [-0.3, -0.25) is 0 Å². The summed E-state index contributed by atoms with van der Waals surface area (Å²) < 4.78 is 15.2. The summed E-state index contributed by atoms with van der Waals surface area (Å²) in [5, 5.41) is 0. The third-order valence-electron chi connectivity index (χ3n) is 2.66. The number of pyridine rings is 1. The molecule has 1 aromatic heterocycles. The molecular formula is C13H18IN3OS.